The van der Waals surface area contributed by atoms with Crippen LogP contribution in [0.5, 0.6) is 0 Å². The second kappa shape index (κ2) is 9.29. The maximum atomic E-state index is 13.0. The van der Waals surface area contributed by atoms with Gasteiger partial charge in [0, 0.05) is 39.6 Å². The molecule has 0 unspecified atom stereocenters. The second-order valence-electron chi connectivity index (χ2n) is 5.56. The van der Waals surface area contributed by atoms with Crippen molar-refractivity contribution >= 4 is 11.9 Å². The van der Waals surface area contributed by atoms with Gasteiger partial charge < -0.3 is 15.1 Å². The van der Waals surface area contributed by atoms with Gasteiger partial charge in [0.15, 0.2) is 0 Å². The molecule has 1 N–H and O–H groups in total. The molecule has 0 bridgehead atoms. The van der Waals surface area contributed by atoms with E-state index in [0.717, 1.165) is 11.0 Å². The van der Waals surface area contributed by atoms with Crippen LogP contribution in [-0.2, 0) is 17.5 Å². The molecule has 0 aromatic heterocycles. The number of nitrogens with zero attached hydrogens (tertiary/aromatic N) is 2. The Bertz CT molecular complexity index is 587. The molecule has 0 aliphatic rings. The lowest BCUT2D eigenvalue weighted by Gasteiger charge is -2.21. The van der Waals surface area contributed by atoms with E-state index in [1.54, 1.807) is 4.90 Å². The average Bonchev–Trinajstić information content (AvgIpc) is 2.55. The molecule has 0 aliphatic heterocycles. The highest BCUT2D eigenvalue weighted by atomic mass is 19.4. The molecular formula is C17H24F3N3O2. The average molecular weight is 359 g/mol. The number of urea groups is 1. The molecule has 0 aliphatic carbocycles. The highest BCUT2D eigenvalue weighted by molar-refractivity contribution is 5.78. The smallest absolute Gasteiger partial charge is 0.343 e. The van der Waals surface area contributed by atoms with E-state index >= 15 is 0 Å². The van der Waals surface area contributed by atoms with Gasteiger partial charge in [-0.15, -0.1) is 0 Å². The Balaban J connectivity index is 2.57. The summed E-state index contributed by atoms with van der Waals surface area (Å²) in [7, 11) is 1.41. The lowest BCUT2D eigenvalue weighted by molar-refractivity contribution is -0.138. The molecule has 8 heteroatoms. The van der Waals surface area contributed by atoms with Crippen molar-refractivity contribution in [2.24, 2.45) is 0 Å². The van der Waals surface area contributed by atoms with Crippen LogP contribution in [0.4, 0.5) is 18.0 Å². The van der Waals surface area contributed by atoms with Crippen LogP contribution >= 0.6 is 0 Å². The predicted octanol–water partition coefficient (Wildman–Crippen LogP) is 3.11. The molecule has 0 fully saturated rings. The molecule has 0 atom stereocenters. The zero-order chi connectivity index (χ0) is 19.0. The Labute approximate surface area is 145 Å². The van der Waals surface area contributed by atoms with Gasteiger partial charge in [0.05, 0.1) is 5.56 Å². The van der Waals surface area contributed by atoms with Crippen LogP contribution in [0, 0.1) is 0 Å². The van der Waals surface area contributed by atoms with E-state index in [1.807, 2.05) is 13.8 Å². The number of hydrogen-bond acceptors (Lipinski definition) is 2. The van der Waals surface area contributed by atoms with Gasteiger partial charge in [-0.05, 0) is 25.5 Å². The summed E-state index contributed by atoms with van der Waals surface area (Å²) in [5, 5.41) is 2.55. The van der Waals surface area contributed by atoms with Crippen LogP contribution in [0.3, 0.4) is 0 Å². The van der Waals surface area contributed by atoms with E-state index in [0.29, 0.717) is 13.1 Å². The lowest BCUT2D eigenvalue weighted by Crippen LogP contribution is -2.39. The quantitative estimate of drug-likeness (QED) is 0.813. The van der Waals surface area contributed by atoms with Crippen molar-refractivity contribution < 1.29 is 22.8 Å². The summed E-state index contributed by atoms with van der Waals surface area (Å²) in [6.07, 6.45) is -4.31. The Morgan fingerprint density at radius 2 is 1.72 bits per heavy atom. The zero-order valence-electron chi connectivity index (χ0n) is 14.7. The van der Waals surface area contributed by atoms with Gasteiger partial charge in [0.1, 0.15) is 0 Å². The molecule has 5 nitrogen and oxygen atoms in total. The van der Waals surface area contributed by atoms with E-state index < -0.39 is 17.8 Å². The van der Waals surface area contributed by atoms with Crippen LogP contribution in [0.25, 0.3) is 0 Å². The molecule has 1 aromatic carbocycles. The van der Waals surface area contributed by atoms with Crippen LogP contribution in [-0.4, -0.2) is 48.4 Å². The normalized spacial score (nSPS) is 11.1. The fraction of sp³-hybridized carbons (Fsp3) is 0.529. The number of halogens is 3. The fourth-order valence-electron chi connectivity index (χ4n) is 2.41. The van der Waals surface area contributed by atoms with Crippen molar-refractivity contribution in [3.63, 3.8) is 0 Å². The molecule has 0 saturated carbocycles. The number of carbonyl (C=O) groups excluding carboxylic acids is 2. The van der Waals surface area contributed by atoms with Crippen molar-refractivity contribution in [3.05, 3.63) is 35.4 Å². The molecule has 25 heavy (non-hydrogen) atoms. The van der Waals surface area contributed by atoms with E-state index in [2.05, 4.69) is 5.32 Å². The molecule has 0 heterocycles. The van der Waals surface area contributed by atoms with Crippen LogP contribution in [0.15, 0.2) is 24.3 Å². The van der Waals surface area contributed by atoms with Crippen molar-refractivity contribution in [2.75, 3.05) is 26.7 Å². The molecular weight excluding hydrogens is 335 g/mol. The third-order valence-corrected chi connectivity index (χ3v) is 3.81. The van der Waals surface area contributed by atoms with E-state index in [-0.39, 0.29) is 31.0 Å². The number of benzene rings is 1. The first-order valence-electron chi connectivity index (χ1n) is 8.12. The molecule has 0 spiro atoms. The third kappa shape index (κ3) is 6.28. The van der Waals surface area contributed by atoms with E-state index in [9.17, 15) is 22.8 Å². The molecule has 1 aromatic rings. The SMILES string of the molecule is CCN(CC)C(=O)CCNC(=O)N(C)Cc1ccccc1C(F)(F)F. The van der Waals surface area contributed by atoms with Crippen LogP contribution in [0.1, 0.15) is 31.4 Å². The lowest BCUT2D eigenvalue weighted by atomic mass is 10.1. The van der Waals surface area contributed by atoms with Crippen LogP contribution < -0.4 is 5.32 Å². The van der Waals surface area contributed by atoms with Gasteiger partial charge in [0.2, 0.25) is 5.91 Å². The summed E-state index contributed by atoms with van der Waals surface area (Å²) in [6.45, 7) is 4.89. The first-order valence-corrected chi connectivity index (χ1v) is 8.12. The van der Waals surface area contributed by atoms with Gasteiger partial charge in [-0.2, -0.15) is 13.2 Å². The highest BCUT2D eigenvalue weighted by Gasteiger charge is 2.33. The minimum Gasteiger partial charge on any atom is -0.343 e. The summed E-state index contributed by atoms with van der Waals surface area (Å²) < 4.78 is 38.9. The maximum absolute atomic E-state index is 13.0. The molecule has 0 radical (unpaired) electrons. The first kappa shape index (κ1) is 20.8. The van der Waals surface area contributed by atoms with Gasteiger partial charge in [-0.1, -0.05) is 18.2 Å². The summed E-state index contributed by atoms with van der Waals surface area (Å²) in [6, 6.07) is 4.62. The van der Waals surface area contributed by atoms with Crippen molar-refractivity contribution in [1.82, 2.24) is 15.1 Å². The Morgan fingerprint density at radius 1 is 1.12 bits per heavy atom. The zero-order valence-corrected chi connectivity index (χ0v) is 14.7. The number of hydrogen-bond donors (Lipinski definition) is 1. The monoisotopic (exact) mass is 359 g/mol. The summed E-state index contributed by atoms with van der Waals surface area (Å²) in [4.78, 5) is 26.7. The number of nitrogens with one attached hydrogen (secondary N) is 1. The van der Waals surface area contributed by atoms with Gasteiger partial charge in [-0.3, -0.25) is 4.79 Å². The van der Waals surface area contributed by atoms with Gasteiger partial charge in [-0.25, -0.2) is 4.79 Å². The Hall–Kier alpha value is -2.25. The minimum atomic E-state index is -4.47. The predicted molar refractivity (Wildman–Crippen MR) is 88.9 cm³/mol. The summed E-state index contributed by atoms with van der Waals surface area (Å²) in [5.74, 6) is -0.0737. The minimum absolute atomic E-state index is 0.0202. The maximum Gasteiger partial charge on any atom is 0.416 e. The second-order valence-corrected chi connectivity index (χ2v) is 5.56. The highest BCUT2D eigenvalue weighted by Crippen LogP contribution is 2.32. The van der Waals surface area contributed by atoms with Gasteiger partial charge >= 0.3 is 12.2 Å². The van der Waals surface area contributed by atoms with Crippen LogP contribution in [0.2, 0.25) is 0 Å². The van der Waals surface area contributed by atoms with E-state index in [4.69, 9.17) is 0 Å². The number of alkyl halides is 3. The number of amides is 3. The first-order chi connectivity index (χ1) is 11.7. The summed E-state index contributed by atoms with van der Waals surface area (Å²) >= 11 is 0. The Kier molecular flexibility index (Phi) is 7.73. The van der Waals surface area contributed by atoms with E-state index in [1.165, 1.54) is 25.2 Å². The standard InChI is InChI=1S/C17H24F3N3O2/c1-4-23(5-2)15(24)10-11-21-16(25)22(3)12-13-8-6-7-9-14(13)17(18,19)20/h6-9H,4-5,10-12H2,1-3H3,(H,21,25). The number of rotatable bonds is 7. The fourth-order valence-corrected chi connectivity index (χ4v) is 2.41. The molecule has 3 amide bonds. The Morgan fingerprint density at radius 3 is 2.28 bits per heavy atom. The summed E-state index contributed by atoms with van der Waals surface area (Å²) in [5.41, 5.74) is -0.738. The van der Waals surface area contributed by atoms with Crippen molar-refractivity contribution in [3.8, 4) is 0 Å². The topological polar surface area (TPSA) is 52.7 Å². The largest absolute Gasteiger partial charge is 0.416 e. The third-order valence-electron chi connectivity index (χ3n) is 3.81. The molecule has 0 saturated heterocycles. The molecule has 1 rings (SSSR count). The molecule has 140 valence electrons. The van der Waals surface area contributed by atoms with Crippen molar-refractivity contribution in [1.29, 1.82) is 0 Å². The van der Waals surface area contributed by atoms with Gasteiger partial charge in [0.25, 0.3) is 0 Å². The van der Waals surface area contributed by atoms with Crippen molar-refractivity contribution in [2.45, 2.75) is 33.0 Å². The number of carbonyl (C=O) groups is 2.